The number of benzene rings is 2. The summed E-state index contributed by atoms with van der Waals surface area (Å²) in [6.07, 6.45) is 0.955. The van der Waals surface area contributed by atoms with Gasteiger partial charge < -0.3 is 4.90 Å². The predicted octanol–water partition coefficient (Wildman–Crippen LogP) is 2.76. The maximum absolute atomic E-state index is 12.8. The zero-order valence-electron chi connectivity index (χ0n) is 14.3. The Balaban J connectivity index is 1.61. The summed E-state index contributed by atoms with van der Waals surface area (Å²) in [7, 11) is -3.61. The first kappa shape index (κ1) is 18.9. The molecule has 0 atom stereocenters. The number of rotatable bonds is 5. The van der Waals surface area contributed by atoms with E-state index in [1.165, 1.54) is 28.1 Å². The van der Waals surface area contributed by atoms with E-state index in [1.807, 2.05) is 24.3 Å². The highest BCUT2D eigenvalue weighted by molar-refractivity contribution is 7.89. The summed E-state index contributed by atoms with van der Waals surface area (Å²) >= 11 is 5.90. The average Bonchev–Trinajstić information content (AvgIpc) is 2.67. The van der Waals surface area contributed by atoms with Crippen LogP contribution in [-0.4, -0.2) is 50.3 Å². The molecule has 1 heterocycles. The summed E-state index contributed by atoms with van der Waals surface area (Å²) in [6.45, 7) is 3.20. The Kier molecular flexibility index (Phi) is 5.94. The van der Waals surface area contributed by atoms with Crippen molar-refractivity contribution in [2.75, 3.05) is 32.7 Å². The molecule has 1 saturated heterocycles. The number of nitriles is 1. The summed E-state index contributed by atoms with van der Waals surface area (Å²) < 4.78 is 27.1. The number of hydrogen-bond acceptors (Lipinski definition) is 4. The summed E-state index contributed by atoms with van der Waals surface area (Å²) in [6, 6.07) is 16.5. The van der Waals surface area contributed by atoms with Gasteiger partial charge in [-0.25, -0.2) is 8.42 Å². The van der Waals surface area contributed by atoms with E-state index in [2.05, 4.69) is 17.0 Å². The van der Waals surface area contributed by atoms with Crippen molar-refractivity contribution < 1.29 is 8.42 Å². The van der Waals surface area contributed by atoms with Gasteiger partial charge in [0.1, 0.15) is 6.07 Å². The molecule has 0 amide bonds. The fourth-order valence-electron chi connectivity index (χ4n) is 3.02. The minimum atomic E-state index is -3.61. The molecule has 5 nitrogen and oxygen atoms in total. The monoisotopic (exact) mass is 389 g/mol. The van der Waals surface area contributed by atoms with Crippen molar-refractivity contribution in [3.05, 3.63) is 64.7 Å². The van der Waals surface area contributed by atoms with E-state index < -0.39 is 10.0 Å². The molecule has 3 rings (SSSR count). The molecule has 1 fully saturated rings. The van der Waals surface area contributed by atoms with Gasteiger partial charge in [-0.2, -0.15) is 9.57 Å². The van der Waals surface area contributed by atoms with Crippen molar-refractivity contribution in [1.29, 1.82) is 5.26 Å². The number of hydrogen-bond donors (Lipinski definition) is 0. The molecule has 0 bridgehead atoms. The predicted molar refractivity (Wildman–Crippen MR) is 102 cm³/mol. The van der Waals surface area contributed by atoms with Gasteiger partial charge in [0, 0.05) is 32.7 Å². The van der Waals surface area contributed by atoms with Gasteiger partial charge in [0.15, 0.2) is 0 Å². The van der Waals surface area contributed by atoms with Crippen molar-refractivity contribution in [2.24, 2.45) is 0 Å². The molecule has 0 unspecified atom stereocenters. The van der Waals surface area contributed by atoms with Crippen molar-refractivity contribution >= 4 is 21.6 Å². The average molecular weight is 390 g/mol. The molecule has 0 aromatic heterocycles. The maximum atomic E-state index is 12.8. The highest BCUT2D eigenvalue weighted by Gasteiger charge is 2.28. The zero-order valence-corrected chi connectivity index (χ0v) is 15.9. The van der Waals surface area contributed by atoms with Crippen LogP contribution >= 0.6 is 11.6 Å². The standard InChI is InChI=1S/C19H20ClN3O2S/c20-19-7-6-18(14-17(19)15-21)26(24,25)23-12-10-22(11-13-23)9-8-16-4-2-1-3-5-16/h1-7,14H,8-13H2. The first-order chi connectivity index (χ1) is 12.5. The molecular formula is C19H20ClN3O2S. The minimum Gasteiger partial charge on any atom is -0.300 e. The van der Waals surface area contributed by atoms with Crippen LogP contribution in [0.3, 0.4) is 0 Å². The van der Waals surface area contributed by atoms with Crippen LogP contribution in [-0.2, 0) is 16.4 Å². The third kappa shape index (κ3) is 4.25. The molecule has 0 radical (unpaired) electrons. The van der Waals surface area contributed by atoms with Crippen LogP contribution < -0.4 is 0 Å². The van der Waals surface area contributed by atoms with Crippen LogP contribution in [0.5, 0.6) is 0 Å². The first-order valence-electron chi connectivity index (χ1n) is 8.47. The van der Waals surface area contributed by atoms with Crippen LogP contribution in [0.1, 0.15) is 11.1 Å². The van der Waals surface area contributed by atoms with Gasteiger partial charge in [0.25, 0.3) is 0 Å². The van der Waals surface area contributed by atoms with E-state index in [4.69, 9.17) is 16.9 Å². The Bertz CT molecular complexity index is 902. The highest BCUT2D eigenvalue weighted by atomic mass is 35.5. The fraction of sp³-hybridized carbons (Fsp3) is 0.316. The molecule has 0 spiro atoms. The SMILES string of the molecule is N#Cc1cc(S(=O)(=O)N2CCN(CCc3ccccc3)CC2)ccc1Cl. The third-order valence-corrected chi connectivity index (χ3v) is 6.81. The lowest BCUT2D eigenvalue weighted by atomic mass is 10.1. The summed E-state index contributed by atoms with van der Waals surface area (Å²) in [5.41, 5.74) is 1.46. The van der Waals surface area contributed by atoms with Gasteiger partial charge in [0.2, 0.25) is 10.0 Å². The lowest BCUT2D eigenvalue weighted by Crippen LogP contribution is -2.49. The first-order valence-corrected chi connectivity index (χ1v) is 10.3. The molecular weight excluding hydrogens is 370 g/mol. The van der Waals surface area contributed by atoms with Crippen LogP contribution in [0.15, 0.2) is 53.4 Å². The molecule has 2 aromatic rings. The van der Waals surface area contributed by atoms with E-state index in [-0.39, 0.29) is 15.5 Å². The lowest BCUT2D eigenvalue weighted by Gasteiger charge is -2.34. The van der Waals surface area contributed by atoms with Crippen LogP contribution in [0.4, 0.5) is 0 Å². The summed E-state index contributed by atoms with van der Waals surface area (Å²) in [4.78, 5) is 2.40. The van der Waals surface area contributed by atoms with Gasteiger partial charge in [-0.15, -0.1) is 0 Å². The van der Waals surface area contributed by atoms with Gasteiger partial charge in [-0.05, 0) is 30.2 Å². The third-order valence-electron chi connectivity index (χ3n) is 4.59. The van der Waals surface area contributed by atoms with E-state index in [0.29, 0.717) is 26.2 Å². The van der Waals surface area contributed by atoms with E-state index >= 15 is 0 Å². The summed E-state index contributed by atoms with van der Waals surface area (Å²) in [5, 5.41) is 9.32. The van der Waals surface area contributed by atoms with E-state index in [0.717, 1.165) is 13.0 Å². The van der Waals surface area contributed by atoms with Crippen molar-refractivity contribution in [3.63, 3.8) is 0 Å². The molecule has 7 heteroatoms. The largest absolute Gasteiger partial charge is 0.300 e. The van der Waals surface area contributed by atoms with Crippen molar-refractivity contribution in [1.82, 2.24) is 9.21 Å². The minimum absolute atomic E-state index is 0.121. The van der Waals surface area contributed by atoms with Gasteiger partial charge in [-0.3, -0.25) is 0 Å². The maximum Gasteiger partial charge on any atom is 0.243 e. The second-order valence-corrected chi connectivity index (χ2v) is 8.58. The van der Waals surface area contributed by atoms with Gasteiger partial charge in [0.05, 0.1) is 15.5 Å². The van der Waals surface area contributed by atoms with Crippen molar-refractivity contribution in [3.8, 4) is 6.07 Å². The van der Waals surface area contributed by atoms with Gasteiger partial charge in [-0.1, -0.05) is 41.9 Å². The second kappa shape index (κ2) is 8.19. The Hall–Kier alpha value is -1.91. The zero-order chi connectivity index (χ0) is 18.6. The molecule has 0 N–H and O–H groups in total. The van der Waals surface area contributed by atoms with Crippen LogP contribution in [0.25, 0.3) is 0 Å². The Morgan fingerprint density at radius 1 is 1.04 bits per heavy atom. The van der Waals surface area contributed by atoms with Crippen molar-refractivity contribution in [2.45, 2.75) is 11.3 Å². The van der Waals surface area contributed by atoms with E-state index in [1.54, 1.807) is 0 Å². The molecule has 0 saturated carbocycles. The molecule has 26 heavy (non-hydrogen) atoms. The fourth-order valence-corrected chi connectivity index (χ4v) is 4.63. The Morgan fingerprint density at radius 2 is 1.73 bits per heavy atom. The highest BCUT2D eigenvalue weighted by Crippen LogP contribution is 2.23. The second-order valence-electron chi connectivity index (χ2n) is 6.23. The molecule has 1 aliphatic heterocycles. The van der Waals surface area contributed by atoms with Crippen LogP contribution in [0.2, 0.25) is 5.02 Å². The van der Waals surface area contributed by atoms with Gasteiger partial charge >= 0.3 is 0 Å². The van der Waals surface area contributed by atoms with E-state index in [9.17, 15) is 8.42 Å². The normalized spacial score (nSPS) is 16.3. The molecule has 0 aliphatic carbocycles. The number of halogens is 1. The smallest absolute Gasteiger partial charge is 0.243 e. The number of piperazine rings is 1. The topological polar surface area (TPSA) is 64.4 Å². The van der Waals surface area contributed by atoms with Crippen LogP contribution in [0, 0.1) is 11.3 Å². The Morgan fingerprint density at radius 3 is 2.38 bits per heavy atom. The summed E-state index contributed by atoms with van der Waals surface area (Å²) in [5.74, 6) is 0. The Labute approximate surface area is 159 Å². The molecule has 1 aliphatic rings. The number of nitrogens with zero attached hydrogens (tertiary/aromatic N) is 3. The lowest BCUT2D eigenvalue weighted by molar-refractivity contribution is 0.190. The number of sulfonamides is 1. The molecule has 136 valence electrons. The molecule has 2 aromatic carbocycles. The quantitative estimate of drug-likeness (QED) is 0.788.